The van der Waals surface area contributed by atoms with Gasteiger partial charge in [-0.2, -0.15) is 0 Å². The fourth-order valence-corrected chi connectivity index (χ4v) is 3.73. The third-order valence-corrected chi connectivity index (χ3v) is 5.68. The highest BCUT2D eigenvalue weighted by Crippen LogP contribution is 2.19. The van der Waals surface area contributed by atoms with Crippen molar-refractivity contribution in [2.45, 2.75) is 45.6 Å². The Morgan fingerprint density at radius 1 is 1.00 bits per heavy atom. The molecule has 32 heavy (non-hydrogen) atoms. The second kappa shape index (κ2) is 11.4. The predicted molar refractivity (Wildman–Crippen MR) is 125 cm³/mol. The molecule has 0 radical (unpaired) electrons. The molecule has 2 aromatic carbocycles. The van der Waals surface area contributed by atoms with E-state index in [1.165, 1.54) is 0 Å². The smallest absolute Gasteiger partial charge is 0.255 e. The van der Waals surface area contributed by atoms with Crippen LogP contribution in [-0.4, -0.2) is 37.0 Å². The highest BCUT2D eigenvalue weighted by atomic mass is 16.5. The minimum atomic E-state index is -0.358. The van der Waals surface area contributed by atoms with Gasteiger partial charge in [-0.05, 0) is 56.0 Å². The standard InChI is InChI=1S/C25H31N3O4/c1-3-17(4-2)23(29)27-19-10-7-9-18(15-19)24(30)28-22-13-6-5-12-21(22)25(31)26-16-20-11-8-14-32-20/h5-7,9-10,12-13,15,17,20H,3-4,8,11,14,16H2,1-2H3,(H,26,31)(H,27,29)(H,28,30). The lowest BCUT2D eigenvalue weighted by Crippen LogP contribution is -2.32. The van der Waals surface area contributed by atoms with Gasteiger partial charge in [0.15, 0.2) is 0 Å². The lowest BCUT2D eigenvalue weighted by Gasteiger charge is -2.15. The first-order chi connectivity index (χ1) is 15.5. The van der Waals surface area contributed by atoms with E-state index in [1.54, 1.807) is 48.5 Å². The van der Waals surface area contributed by atoms with Gasteiger partial charge in [0.05, 0.1) is 17.4 Å². The molecule has 0 aromatic heterocycles. The molecule has 0 aliphatic carbocycles. The van der Waals surface area contributed by atoms with E-state index in [0.29, 0.717) is 29.0 Å². The van der Waals surface area contributed by atoms with E-state index in [1.807, 2.05) is 13.8 Å². The summed E-state index contributed by atoms with van der Waals surface area (Å²) in [5.74, 6) is -0.737. The van der Waals surface area contributed by atoms with Crippen molar-refractivity contribution in [1.29, 1.82) is 0 Å². The van der Waals surface area contributed by atoms with Gasteiger partial charge in [-0.25, -0.2) is 0 Å². The van der Waals surface area contributed by atoms with Crippen molar-refractivity contribution in [2.75, 3.05) is 23.8 Å². The number of carbonyl (C=O) groups excluding carboxylic acids is 3. The van der Waals surface area contributed by atoms with Crippen LogP contribution in [0.2, 0.25) is 0 Å². The van der Waals surface area contributed by atoms with Crippen LogP contribution in [0.25, 0.3) is 0 Å². The molecule has 1 aliphatic heterocycles. The Bertz CT molecular complexity index is 950. The molecule has 2 aromatic rings. The van der Waals surface area contributed by atoms with E-state index in [0.717, 1.165) is 32.3 Å². The first-order valence-corrected chi connectivity index (χ1v) is 11.2. The Balaban J connectivity index is 1.67. The van der Waals surface area contributed by atoms with Gasteiger partial charge in [-0.3, -0.25) is 14.4 Å². The van der Waals surface area contributed by atoms with Gasteiger partial charge in [0.2, 0.25) is 5.91 Å². The molecule has 1 fully saturated rings. The normalized spacial score (nSPS) is 15.4. The number of hydrogen-bond acceptors (Lipinski definition) is 4. The van der Waals surface area contributed by atoms with E-state index >= 15 is 0 Å². The third-order valence-electron chi connectivity index (χ3n) is 5.68. The van der Waals surface area contributed by atoms with E-state index in [2.05, 4.69) is 16.0 Å². The minimum Gasteiger partial charge on any atom is -0.376 e. The zero-order valence-corrected chi connectivity index (χ0v) is 18.6. The summed E-state index contributed by atoms with van der Waals surface area (Å²) in [5, 5.41) is 8.58. The highest BCUT2D eigenvalue weighted by Gasteiger charge is 2.19. The van der Waals surface area contributed by atoms with Crippen molar-refractivity contribution >= 4 is 29.1 Å². The van der Waals surface area contributed by atoms with E-state index in [9.17, 15) is 14.4 Å². The van der Waals surface area contributed by atoms with Crippen molar-refractivity contribution in [1.82, 2.24) is 5.32 Å². The number of carbonyl (C=O) groups is 3. The van der Waals surface area contributed by atoms with Crippen LogP contribution in [0.4, 0.5) is 11.4 Å². The molecule has 0 saturated carbocycles. The Hall–Kier alpha value is -3.19. The molecule has 1 heterocycles. The number of rotatable bonds is 9. The van der Waals surface area contributed by atoms with Crippen LogP contribution in [0.15, 0.2) is 48.5 Å². The molecule has 3 amide bonds. The van der Waals surface area contributed by atoms with Crippen LogP contribution in [0.3, 0.4) is 0 Å². The lowest BCUT2D eigenvalue weighted by atomic mass is 10.0. The molecule has 1 unspecified atom stereocenters. The fraction of sp³-hybridized carbons (Fsp3) is 0.400. The number of hydrogen-bond donors (Lipinski definition) is 3. The quantitative estimate of drug-likeness (QED) is 0.547. The zero-order valence-electron chi connectivity index (χ0n) is 18.6. The van der Waals surface area contributed by atoms with E-state index in [4.69, 9.17) is 4.74 Å². The largest absolute Gasteiger partial charge is 0.376 e. The highest BCUT2D eigenvalue weighted by molar-refractivity contribution is 6.09. The number of benzene rings is 2. The molecular weight excluding hydrogens is 406 g/mol. The average molecular weight is 438 g/mol. The number of ether oxygens (including phenoxy) is 1. The molecule has 1 aliphatic rings. The summed E-state index contributed by atoms with van der Waals surface area (Å²) in [5.41, 5.74) is 1.77. The maximum atomic E-state index is 12.9. The number of anilines is 2. The summed E-state index contributed by atoms with van der Waals surface area (Å²) in [7, 11) is 0. The predicted octanol–water partition coefficient (Wildman–Crippen LogP) is 4.22. The molecular formula is C25H31N3O4. The Morgan fingerprint density at radius 2 is 1.78 bits per heavy atom. The second-order valence-corrected chi connectivity index (χ2v) is 7.93. The summed E-state index contributed by atoms with van der Waals surface area (Å²) < 4.78 is 5.55. The van der Waals surface area contributed by atoms with Crippen molar-refractivity contribution in [3.05, 3.63) is 59.7 Å². The summed E-state index contributed by atoms with van der Waals surface area (Å²) in [6, 6.07) is 13.7. The van der Waals surface area contributed by atoms with Crippen molar-refractivity contribution in [3.63, 3.8) is 0 Å². The first kappa shape index (κ1) is 23.5. The number of para-hydroxylation sites is 1. The fourth-order valence-electron chi connectivity index (χ4n) is 3.73. The molecule has 0 bridgehead atoms. The SMILES string of the molecule is CCC(CC)C(=O)Nc1cccc(C(=O)Nc2ccccc2C(=O)NCC2CCCO2)c1. The van der Waals surface area contributed by atoms with Gasteiger partial charge in [-0.15, -0.1) is 0 Å². The average Bonchev–Trinajstić information content (AvgIpc) is 3.32. The molecule has 3 rings (SSSR count). The van der Waals surface area contributed by atoms with Crippen LogP contribution in [-0.2, 0) is 9.53 Å². The molecule has 1 atom stereocenters. The summed E-state index contributed by atoms with van der Waals surface area (Å²) in [4.78, 5) is 37.9. The zero-order chi connectivity index (χ0) is 22.9. The Labute approximate surface area is 188 Å². The maximum absolute atomic E-state index is 12.9. The number of nitrogens with one attached hydrogen (secondary N) is 3. The topological polar surface area (TPSA) is 96.5 Å². The maximum Gasteiger partial charge on any atom is 0.255 e. The van der Waals surface area contributed by atoms with Gasteiger partial charge < -0.3 is 20.7 Å². The first-order valence-electron chi connectivity index (χ1n) is 11.2. The van der Waals surface area contributed by atoms with Crippen molar-refractivity contribution < 1.29 is 19.1 Å². The van der Waals surface area contributed by atoms with E-state index in [-0.39, 0.29) is 29.7 Å². The van der Waals surface area contributed by atoms with Gasteiger partial charge in [0.25, 0.3) is 11.8 Å². The minimum absolute atomic E-state index is 0.0404. The van der Waals surface area contributed by atoms with Crippen molar-refractivity contribution in [2.24, 2.45) is 5.92 Å². The van der Waals surface area contributed by atoms with Gasteiger partial charge in [0.1, 0.15) is 0 Å². The van der Waals surface area contributed by atoms with Crippen LogP contribution in [0.5, 0.6) is 0 Å². The monoisotopic (exact) mass is 437 g/mol. The van der Waals surface area contributed by atoms with E-state index < -0.39 is 0 Å². The van der Waals surface area contributed by atoms with Crippen molar-refractivity contribution in [3.8, 4) is 0 Å². The molecule has 7 nitrogen and oxygen atoms in total. The third kappa shape index (κ3) is 6.17. The second-order valence-electron chi connectivity index (χ2n) is 7.93. The Morgan fingerprint density at radius 3 is 2.50 bits per heavy atom. The van der Waals surface area contributed by atoms with Crippen LogP contribution in [0.1, 0.15) is 60.2 Å². The van der Waals surface area contributed by atoms with Crippen LogP contribution < -0.4 is 16.0 Å². The summed E-state index contributed by atoms with van der Waals surface area (Å²) in [6.07, 6.45) is 3.49. The molecule has 3 N–H and O–H groups in total. The van der Waals surface area contributed by atoms with Crippen LogP contribution in [0, 0.1) is 5.92 Å². The van der Waals surface area contributed by atoms with Gasteiger partial charge in [-0.1, -0.05) is 32.0 Å². The summed E-state index contributed by atoms with van der Waals surface area (Å²) in [6.45, 7) is 5.13. The molecule has 170 valence electrons. The number of amides is 3. The van der Waals surface area contributed by atoms with Gasteiger partial charge in [0, 0.05) is 30.3 Å². The lowest BCUT2D eigenvalue weighted by molar-refractivity contribution is -0.120. The Kier molecular flexibility index (Phi) is 8.39. The van der Waals surface area contributed by atoms with Crippen LogP contribution >= 0.6 is 0 Å². The van der Waals surface area contributed by atoms with Gasteiger partial charge >= 0.3 is 0 Å². The summed E-state index contributed by atoms with van der Waals surface area (Å²) >= 11 is 0. The molecule has 0 spiro atoms. The molecule has 7 heteroatoms. The molecule has 1 saturated heterocycles.